The van der Waals surface area contributed by atoms with Crippen molar-refractivity contribution in [3.8, 4) is 0 Å². The first-order valence-electron chi connectivity index (χ1n) is 5.58. The highest BCUT2D eigenvalue weighted by Crippen LogP contribution is 2.05. The van der Waals surface area contributed by atoms with E-state index in [1.54, 1.807) is 0 Å². The number of esters is 1. The van der Waals surface area contributed by atoms with Gasteiger partial charge in [-0.2, -0.15) is 0 Å². The Morgan fingerprint density at radius 2 is 2.12 bits per heavy atom. The maximum Gasteiger partial charge on any atom is 0.305 e. The number of rotatable bonds is 5. The molecule has 4 nitrogen and oxygen atoms in total. The van der Waals surface area contributed by atoms with Crippen LogP contribution in [0, 0.1) is 13.8 Å². The van der Waals surface area contributed by atoms with Gasteiger partial charge in [-0.05, 0) is 39.7 Å². The summed E-state index contributed by atoms with van der Waals surface area (Å²) in [4.78, 5) is 19.6. The number of aryl methyl sites for hydroxylation is 3. The fourth-order valence-corrected chi connectivity index (χ4v) is 1.57. The monoisotopic (exact) mass is 222 g/mol. The topological polar surface area (TPSA) is 52.1 Å². The fraction of sp³-hybridized carbons (Fsp3) is 0.583. The molecule has 16 heavy (non-hydrogen) atoms. The molecule has 0 aromatic carbocycles. The molecule has 0 radical (unpaired) electrons. The van der Waals surface area contributed by atoms with Gasteiger partial charge in [-0.15, -0.1) is 0 Å². The molecular weight excluding hydrogens is 204 g/mol. The summed E-state index contributed by atoms with van der Waals surface area (Å²) in [6.07, 6.45) is 2.02. The first kappa shape index (κ1) is 12.6. The number of nitrogens with zero attached hydrogens (tertiary/aromatic N) is 2. The van der Waals surface area contributed by atoms with Crippen LogP contribution in [0.25, 0.3) is 0 Å². The van der Waals surface area contributed by atoms with Crippen LogP contribution < -0.4 is 0 Å². The third kappa shape index (κ3) is 4.38. The average Bonchev–Trinajstić information content (AvgIpc) is 2.16. The van der Waals surface area contributed by atoms with Crippen molar-refractivity contribution >= 4 is 5.97 Å². The maximum atomic E-state index is 11.1. The number of ether oxygens (including phenoxy) is 1. The summed E-state index contributed by atoms with van der Waals surface area (Å²) in [6, 6.07) is 1.96. The Labute approximate surface area is 96.1 Å². The lowest BCUT2D eigenvalue weighted by molar-refractivity contribution is -0.143. The Hall–Kier alpha value is -1.45. The number of aromatic nitrogens is 2. The van der Waals surface area contributed by atoms with E-state index in [9.17, 15) is 4.79 Å². The molecule has 0 bridgehead atoms. The first-order valence-corrected chi connectivity index (χ1v) is 5.58. The lowest BCUT2D eigenvalue weighted by Gasteiger charge is -2.03. The van der Waals surface area contributed by atoms with Crippen molar-refractivity contribution in [3.05, 3.63) is 23.3 Å². The quantitative estimate of drug-likeness (QED) is 0.715. The molecule has 0 aliphatic carbocycles. The number of carbonyl (C=O) groups excluding carboxylic acids is 1. The molecule has 4 heteroatoms. The summed E-state index contributed by atoms with van der Waals surface area (Å²) in [5, 5.41) is 0. The highest BCUT2D eigenvalue weighted by Gasteiger charge is 2.03. The molecule has 88 valence electrons. The largest absolute Gasteiger partial charge is 0.466 e. The van der Waals surface area contributed by atoms with Crippen LogP contribution >= 0.6 is 0 Å². The Morgan fingerprint density at radius 1 is 1.38 bits per heavy atom. The third-order valence-electron chi connectivity index (χ3n) is 2.14. The van der Waals surface area contributed by atoms with Crippen LogP contribution in [-0.2, 0) is 16.0 Å². The molecule has 0 saturated carbocycles. The molecule has 0 aliphatic heterocycles. The van der Waals surface area contributed by atoms with Gasteiger partial charge in [0.2, 0.25) is 0 Å². The minimum Gasteiger partial charge on any atom is -0.466 e. The Morgan fingerprint density at radius 3 is 2.75 bits per heavy atom. The van der Waals surface area contributed by atoms with Gasteiger partial charge >= 0.3 is 5.97 Å². The smallest absolute Gasteiger partial charge is 0.305 e. The van der Waals surface area contributed by atoms with E-state index >= 15 is 0 Å². The summed E-state index contributed by atoms with van der Waals surface area (Å²) >= 11 is 0. The zero-order valence-corrected chi connectivity index (χ0v) is 10.1. The predicted octanol–water partition coefficient (Wildman–Crippen LogP) is 1.98. The van der Waals surface area contributed by atoms with E-state index in [2.05, 4.69) is 9.97 Å². The molecule has 0 amide bonds. The summed E-state index contributed by atoms with van der Waals surface area (Å²) in [6.45, 7) is 6.09. The summed E-state index contributed by atoms with van der Waals surface area (Å²) in [5.74, 6) is 0.649. The van der Waals surface area contributed by atoms with Crippen LogP contribution in [0.5, 0.6) is 0 Å². The normalized spacial score (nSPS) is 10.2. The van der Waals surface area contributed by atoms with Gasteiger partial charge in [0.05, 0.1) is 6.61 Å². The summed E-state index contributed by atoms with van der Waals surface area (Å²) in [7, 11) is 0. The van der Waals surface area contributed by atoms with Gasteiger partial charge < -0.3 is 4.74 Å². The number of hydrogen-bond donors (Lipinski definition) is 0. The summed E-state index contributed by atoms with van der Waals surface area (Å²) < 4.78 is 4.86. The second-order valence-electron chi connectivity index (χ2n) is 3.71. The van der Waals surface area contributed by atoms with Crippen LogP contribution in [0.3, 0.4) is 0 Å². The SMILES string of the molecule is CCOC(=O)CCCc1cc(C)nc(C)n1. The van der Waals surface area contributed by atoms with Crippen molar-refractivity contribution < 1.29 is 9.53 Å². The second-order valence-corrected chi connectivity index (χ2v) is 3.71. The van der Waals surface area contributed by atoms with Gasteiger partial charge in [0.25, 0.3) is 0 Å². The van der Waals surface area contributed by atoms with Gasteiger partial charge in [-0.3, -0.25) is 4.79 Å². The highest BCUT2D eigenvalue weighted by molar-refractivity contribution is 5.69. The van der Waals surface area contributed by atoms with Crippen LogP contribution in [0.4, 0.5) is 0 Å². The minimum absolute atomic E-state index is 0.134. The first-order chi connectivity index (χ1) is 7.61. The van der Waals surface area contributed by atoms with Crippen molar-refractivity contribution in [2.45, 2.75) is 40.0 Å². The van der Waals surface area contributed by atoms with Crippen LogP contribution in [0.1, 0.15) is 37.0 Å². The molecule has 1 aromatic rings. The zero-order chi connectivity index (χ0) is 12.0. The molecule has 1 rings (SSSR count). The van der Waals surface area contributed by atoms with Crippen molar-refractivity contribution in [3.63, 3.8) is 0 Å². The standard InChI is InChI=1S/C12H18N2O2/c1-4-16-12(15)7-5-6-11-8-9(2)13-10(3)14-11/h8H,4-7H2,1-3H3. The third-order valence-corrected chi connectivity index (χ3v) is 2.14. The Kier molecular flexibility index (Phi) is 4.89. The lowest BCUT2D eigenvalue weighted by Crippen LogP contribution is -2.05. The van der Waals surface area contributed by atoms with Gasteiger partial charge in [-0.1, -0.05) is 0 Å². The molecule has 0 N–H and O–H groups in total. The molecule has 0 aliphatic rings. The van der Waals surface area contributed by atoms with Gasteiger partial charge in [0.15, 0.2) is 0 Å². The minimum atomic E-state index is -0.134. The Balaban J connectivity index is 2.40. The second kappa shape index (κ2) is 6.20. The van der Waals surface area contributed by atoms with E-state index in [4.69, 9.17) is 4.74 Å². The van der Waals surface area contributed by atoms with E-state index in [0.717, 1.165) is 30.1 Å². The number of hydrogen-bond acceptors (Lipinski definition) is 4. The van der Waals surface area contributed by atoms with E-state index < -0.39 is 0 Å². The van der Waals surface area contributed by atoms with E-state index in [0.29, 0.717) is 13.0 Å². The number of carbonyl (C=O) groups is 1. The fourth-order valence-electron chi connectivity index (χ4n) is 1.57. The van der Waals surface area contributed by atoms with E-state index in [-0.39, 0.29) is 5.97 Å². The summed E-state index contributed by atoms with van der Waals surface area (Å²) in [5.41, 5.74) is 1.97. The van der Waals surface area contributed by atoms with E-state index in [1.807, 2.05) is 26.8 Å². The van der Waals surface area contributed by atoms with Crippen molar-refractivity contribution in [2.75, 3.05) is 6.61 Å². The van der Waals surface area contributed by atoms with Crippen LogP contribution in [0.2, 0.25) is 0 Å². The Bertz CT molecular complexity index is 344. The zero-order valence-electron chi connectivity index (χ0n) is 10.1. The van der Waals surface area contributed by atoms with Crippen molar-refractivity contribution in [2.24, 2.45) is 0 Å². The molecular formula is C12H18N2O2. The molecule has 1 heterocycles. The average molecular weight is 222 g/mol. The predicted molar refractivity (Wildman–Crippen MR) is 61.1 cm³/mol. The maximum absolute atomic E-state index is 11.1. The van der Waals surface area contributed by atoms with E-state index in [1.165, 1.54) is 0 Å². The molecule has 1 aromatic heterocycles. The van der Waals surface area contributed by atoms with Gasteiger partial charge in [0, 0.05) is 17.8 Å². The van der Waals surface area contributed by atoms with Crippen molar-refractivity contribution in [1.82, 2.24) is 9.97 Å². The molecule has 0 atom stereocenters. The van der Waals surface area contributed by atoms with Gasteiger partial charge in [-0.25, -0.2) is 9.97 Å². The molecule has 0 unspecified atom stereocenters. The lowest BCUT2D eigenvalue weighted by atomic mass is 10.2. The van der Waals surface area contributed by atoms with Gasteiger partial charge in [0.1, 0.15) is 5.82 Å². The molecule has 0 spiro atoms. The van der Waals surface area contributed by atoms with Crippen LogP contribution in [0.15, 0.2) is 6.07 Å². The van der Waals surface area contributed by atoms with Crippen molar-refractivity contribution in [1.29, 1.82) is 0 Å². The van der Waals surface area contributed by atoms with Crippen LogP contribution in [-0.4, -0.2) is 22.5 Å². The molecule has 0 fully saturated rings. The molecule has 0 saturated heterocycles. The highest BCUT2D eigenvalue weighted by atomic mass is 16.5.